The summed E-state index contributed by atoms with van der Waals surface area (Å²) in [6.07, 6.45) is 4.15. The van der Waals surface area contributed by atoms with Crippen molar-refractivity contribution in [2.75, 3.05) is 20.3 Å². The van der Waals surface area contributed by atoms with Crippen molar-refractivity contribution in [1.82, 2.24) is 25.2 Å². The Kier molecular flexibility index (Phi) is 9.92. The molecule has 1 aliphatic heterocycles. The third-order valence-electron chi connectivity index (χ3n) is 7.35. The third-order valence-corrected chi connectivity index (χ3v) is 7.35. The van der Waals surface area contributed by atoms with Crippen LogP contribution in [0.3, 0.4) is 0 Å². The molecule has 2 aromatic heterocycles. The van der Waals surface area contributed by atoms with Crippen molar-refractivity contribution in [1.29, 1.82) is 5.26 Å². The summed E-state index contributed by atoms with van der Waals surface area (Å²) >= 11 is 0. The standard InChI is InChI=1S/C30H35N7O6/c1-17(2)10-24(37-22-7-4-8-26(42-3)20(22)12-23(37)28(32)39)30(41)36-21(11-18-6-5-9-33-29(18)40)25(38)16-43-27-15-34-19(13-31)14-35-27/h4,7-8,12,14-15,17-18,21,24H,5-6,9-11,16H2,1-3H3,(H2,32,39)(H,33,40)(H,36,41)/t18-,21-,24-/m0/s1. The molecule has 3 atom stereocenters. The van der Waals surface area contributed by atoms with Crippen LogP contribution in [0.2, 0.25) is 0 Å². The summed E-state index contributed by atoms with van der Waals surface area (Å²) in [7, 11) is 1.51. The van der Waals surface area contributed by atoms with E-state index in [1.54, 1.807) is 28.8 Å². The van der Waals surface area contributed by atoms with Crippen LogP contribution in [0.15, 0.2) is 36.7 Å². The lowest BCUT2D eigenvalue weighted by Crippen LogP contribution is -2.49. The van der Waals surface area contributed by atoms with Gasteiger partial charge >= 0.3 is 0 Å². The lowest BCUT2D eigenvalue weighted by molar-refractivity contribution is -0.133. The van der Waals surface area contributed by atoms with Crippen molar-refractivity contribution >= 4 is 34.4 Å². The van der Waals surface area contributed by atoms with Gasteiger partial charge in [0.25, 0.3) is 5.91 Å². The smallest absolute Gasteiger partial charge is 0.265 e. The number of carbonyl (C=O) groups is 4. The first-order chi connectivity index (χ1) is 20.6. The maximum atomic E-state index is 14.1. The molecule has 4 rings (SSSR count). The highest BCUT2D eigenvalue weighted by Crippen LogP contribution is 2.33. The van der Waals surface area contributed by atoms with Gasteiger partial charge in [0, 0.05) is 17.8 Å². The van der Waals surface area contributed by atoms with E-state index in [1.165, 1.54) is 19.5 Å². The molecule has 1 aromatic carbocycles. The maximum Gasteiger partial charge on any atom is 0.265 e. The quantitative estimate of drug-likeness (QED) is 0.268. The number of benzene rings is 1. The Morgan fingerprint density at radius 1 is 1.26 bits per heavy atom. The van der Waals surface area contributed by atoms with Gasteiger partial charge in [-0.3, -0.25) is 19.2 Å². The second-order valence-corrected chi connectivity index (χ2v) is 10.8. The molecule has 3 heterocycles. The zero-order valence-electron chi connectivity index (χ0n) is 24.3. The van der Waals surface area contributed by atoms with Crippen LogP contribution in [0.25, 0.3) is 10.9 Å². The zero-order chi connectivity index (χ0) is 31.1. The van der Waals surface area contributed by atoms with Gasteiger partial charge in [0.15, 0.2) is 18.1 Å². The number of primary amides is 1. The van der Waals surface area contributed by atoms with Crippen LogP contribution in [0.4, 0.5) is 0 Å². The number of rotatable bonds is 13. The maximum absolute atomic E-state index is 14.1. The van der Waals surface area contributed by atoms with Gasteiger partial charge in [-0.1, -0.05) is 19.9 Å². The highest BCUT2D eigenvalue weighted by atomic mass is 16.5. The number of carbonyl (C=O) groups excluding carboxylic acids is 4. The van der Waals surface area contributed by atoms with Gasteiger partial charge in [0.2, 0.25) is 17.7 Å². The number of amides is 3. The molecule has 0 aliphatic carbocycles. The molecule has 1 aliphatic rings. The van der Waals surface area contributed by atoms with Crippen molar-refractivity contribution < 1.29 is 28.7 Å². The minimum absolute atomic E-state index is 0.0242. The first-order valence-electron chi connectivity index (χ1n) is 14.1. The van der Waals surface area contributed by atoms with Crippen LogP contribution in [-0.4, -0.2) is 64.3 Å². The molecular weight excluding hydrogens is 554 g/mol. The van der Waals surface area contributed by atoms with Gasteiger partial charge in [-0.05, 0) is 49.8 Å². The second-order valence-electron chi connectivity index (χ2n) is 10.8. The third kappa shape index (κ3) is 7.27. The fourth-order valence-corrected chi connectivity index (χ4v) is 5.28. The van der Waals surface area contributed by atoms with E-state index in [9.17, 15) is 19.2 Å². The average Bonchev–Trinajstić information content (AvgIpc) is 3.39. The largest absolute Gasteiger partial charge is 0.496 e. The Morgan fingerprint density at radius 3 is 2.67 bits per heavy atom. The SMILES string of the molecule is COc1cccc2c1cc(C(N)=O)n2[C@@H](CC(C)C)C(=O)N[C@@H](C[C@@H]1CCCNC1=O)C(=O)COc1cnc(C#N)cn1. The molecule has 0 unspecified atom stereocenters. The summed E-state index contributed by atoms with van der Waals surface area (Å²) in [5.41, 5.74) is 6.55. The van der Waals surface area contributed by atoms with E-state index in [4.69, 9.17) is 20.5 Å². The van der Waals surface area contributed by atoms with Crippen LogP contribution in [0, 0.1) is 23.2 Å². The number of hydrogen-bond donors (Lipinski definition) is 3. The number of ether oxygens (including phenoxy) is 2. The molecule has 0 radical (unpaired) electrons. The van der Waals surface area contributed by atoms with Crippen LogP contribution in [0.5, 0.6) is 11.6 Å². The molecule has 3 aromatic rings. The molecule has 1 fully saturated rings. The number of piperidine rings is 1. The molecule has 13 nitrogen and oxygen atoms in total. The molecule has 43 heavy (non-hydrogen) atoms. The van der Waals surface area contributed by atoms with E-state index in [0.29, 0.717) is 36.0 Å². The lowest BCUT2D eigenvalue weighted by atomic mass is 9.90. The number of Topliss-reactive ketones (excluding diaryl/α,β-unsaturated/α-hetero) is 1. The zero-order valence-corrected chi connectivity index (χ0v) is 24.3. The Hall–Kier alpha value is -4.99. The minimum Gasteiger partial charge on any atom is -0.496 e. The van der Waals surface area contributed by atoms with Crippen molar-refractivity contribution in [3.05, 3.63) is 48.0 Å². The number of nitriles is 1. The molecule has 0 saturated carbocycles. The number of nitrogens with zero attached hydrogens (tertiary/aromatic N) is 4. The number of aromatic nitrogens is 3. The van der Waals surface area contributed by atoms with Crippen molar-refractivity contribution in [3.63, 3.8) is 0 Å². The summed E-state index contributed by atoms with van der Waals surface area (Å²) in [6, 6.07) is 6.74. The summed E-state index contributed by atoms with van der Waals surface area (Å²) < 4.78 is 12.6. The minimum atomic E-state index is -1.07. The molecule has 4 N–H and O–H groups in total. The van der Waals surface area contributed by atoms with Gasteiger partial charge < -0.3 is 30.4 Å². The molecule has 1 saturated heterocycles. The van der Waals surface area contributed by atoms with E-state index in [-0.39, 0.29) is 35.5 Å². The van der Waals surface area contributed by atoms with Crippen molar-refractivity contribution in [2.24, 2.45) is 17.6 Å². The Labute approximate surface area is 248 Å². The van der Waals surface area contributed by atoms with Gasteiger partial charge in [0.1, 0.15) is 23.6 Å². The highest BCUT2D eigenvalue weighted by molar-refractivity contribution is 6.01. The van der Waals surface area contributed by atoms with E-state index in [1.807, 2.05) is 19.9 Å². The first-order valence-corrected chi connectivity index (χ1v) is 14.1. The molecule has 0 bridgehead atoms. The molecule has 13 heteroatoms. The van der Waals surface area contributed by atoms with E-state index >= 15 is 0 Å². The van der Waals surface area contributed by atoms with Gasteiger partial charge in [0.05, 0.1) is 31.1 Å². The van der Waals surface area contributed by atoms with Crippen molar-refractivity contribution in [3.8, 4) is 17.7 Å². The Bertz CT molecular complexity index is 1540. The number of hydrogen-bond acceptors (Lipinski definition) is 9. The Balaban J connectivity index is 1.66. The summed E-state index contributed by atoms with van der Waals surface area (Å²) in [6.45, 7) is 3.98. The number of ketones is 1. The summed E-state index contributed by atoms with van der Waals surface area (Å²) in [4.78, 5) is 60.6. The van der Waals surface area contributed by atoms with Crippen molar-refractivity contribution in [2.45, 2.75) is 51.6 Å². The number of fused-ring (bicyclic) bond motifs is 1. The highest BCUT2D eigenvalue weighted by Gasteiger charge is 2.34. The fourth-order valence-electron chi connectivity index (χ4n) is 5.28. The van der Waals surface area contributed by atoms with Crippen LogP contribution < -0.4 is 25.8 Å². The fraction of sp³-hybridized carbons (Fsp3) is 0.433. The number of nitrogens with one attached hydrogen (secondary N) is 2. The van der Waals surface area contributed by atoms with E-state index in [2.05, 4.69) is 20.6 Å². The van der Waals surface area contributed by atoms with Gasteiger partial charge in [-0.2, -0.15) is 5.26 Å². The van der Waals surface area contributed by atoms with Gasteiger partial charge in [-0.25, -0.2) is 9.97 Å². The number of methoxy groups -OCH3 is 1. The predicted octanol–water partition coefficient (Wildman–Crippen LogP) is 2.05. The summed E-state index contributed by atoms with van der Waals surface area (Å²) in [5, 5.41) is 15.2. The molecular formula is C30H35N7O6. The van der Waals surface area contributed by atoms with Crippen LogP contribution in [-0.2, 0) is 14.4 Å². The lowest BCUT2D eigenvalue weighted by Gasteiger charge is -2.29. The van der Waals surface area contributed by atoms with Gasteiger partial charge in [-0.15, -0.1) is 0 Å². The molecule has 3 amide bonds. The van der Waals surface area contributed by atoms with E-state index in [0.717, 1.165) is 6.42 Å². The van der Waals surface area contributed by atoms with Crippen LogP contribution >= 0.6 is 0 Å². The number of nitrogens with two attached hydrogens (primary N) is 1. The Morgan fingerprint density at radius 2 is 2.05 bits per heavy atom. The summed E-state index contributed by atoms with van der Waals surface area (Å²) in [5.74, 6) is -1.81. The monoisotopic (exact) mass is 589 g/mol. The first kappa shape index (κ1) is 31.0. The predicted molar refractivity (Wildman–Crippen MR) is 155 cm³/mol. The topological polar surface area (TPSA) is 191 Å². The average molecular weight is 590 g/mol. The van der Waals surface area contributed by atoms with E-state index < -0.39 is 42.2 Å². The molecule has 0 spiro atoms. The normalized spacial score (nSPS) is 16.2. The van der Waals surface area contributed by atoms with Crippen LogP contribution in [0.1, 0.15) is 61.8 Å². The second kappa shape index (κ2) is 13.8. The molecule has 226 valence electrons.